The Bertz CT molecular complexity index is 746. The fourth-order valence-corrected chi connectivity index (χ4v) is 2.62. The maximum absolute atomic E-state index is 12.1. The first-order chi connectivity index (χ1) is 11.3. The predicted octanol–water partition coefficient (Wildman–Crippen LogP) is 3.68. The van der Waals surface area contributed by atoms with Gasteiger partial charge in [0.2, 0.25) is 5.91 Å². The van der Waals surface area contributed by atoms with E-state index in [1.807, 2.05) is 58.0 Å². The maximum atomic E-state index is 12.1. The number of hydrogen-bond donors (Lipinski definition) is 3. The second-order valence-electron chi connectivity index (χ2n) is 6.00. The van der Waals surface area contributed by atoms with Crippen molar-refractivity contribution in [3.63, 3.8) is 0 Å². The quantitative estimate of drug-likeness (QED) is 0.802. The summed E-state index contributed by atoms with van der Waals surface area (Å²) in [5.74, 6) is -0.260. The molecule has 2 aromatic rings. The number of nitrogens with one attached hydrogen (secondary N) is 3. The van der Waals surface area contributed by atoms with Crippen LogP contribution in [0.5, 0.6) is 0 Å². The van der Waals surface area contributed by atoms with Crippen molar-refractivity contribution in [2.45, 2.75) is 27.7 Å². The molecule has 0 atom stereocenters. The zero-order chi connectivity index (χ0) is 17.7. The number of amides is 3. The largest absolute Gasteiger partial charge is 0.329 e. The fraction of sp³-hybridized carbons (Fsp3) is 0.263. The fourth-order valence-electron chi connectivity index (χ4n) is 2.62. The monoisotopic (exact) mass is 325 g/mol. The molecule has 24 heavy (non-hydrogen) atoms. The molecule has 0 aliphatic carbocycles. The minimum atomic E-state index is -0.409. The summed E-state index contributed by atoms with van der Waals surface area (Å²) < 4.78 is 0. The van der Waals surface area contributed by atoms with Crippen LogP contribution in [0.2, 0.25) is 0 Å². The highest BCUT2D eigenvalue weighted by atomic mass is 16.2. The van der Waals surface area contributed by atoms with Gasteiger partial charge < -0.3 is 16.0 Å². The average molecular weight is 325 g/mol. The van der Waals surface area contributed by atoms with Gasteiger partial charge in [-0.3, -0.25) is 4.79 Å². The number of hydrogen-bond acceptors (Lipinski definition) is 2. The first-order valence-corrected chi connectivity index (χ1v) is 7.84. The van der Waals surface area contributed by atoms with Crippen molar-refractivity contribution < 1.29 is 9.59 Å². The number of carbonyl (C=O) groups excluding carboxylic acids is 2. The van der Waals surface area contributed by atoms with E-state index in [0.717, 1.165) is 27.9 Å². The summed E-state index contributed by atoms with van der Waals surface area (Å²) in [5, 5.41) is 8.11. The van der Waals surface area contributed by atoms with Crippen LogP contribution in [-0.2, 0) is 4.79 Å². The van der Waals surface area contributed by atoms with Crippen molar-refractivity contribution in [1.29, 1.82) is 0 Å². The van der Waals surface area contributed by atoms with Crippen molar-refractivity contribution in [1.82, 2.24) is 5.32 Å². The Kier molecular flexibility index (Phi) is 5.58. The van der Waals surface area contributed by atoms with Gasteiger partial charge in [-0.15, -0.1) is 0 Å². The lowest BCUT2D eigenvalue weighted by Crippen LogP contribution is -2.36. The summed E-state index contributed by atoms with van der Waals surface area (Å²) >= 11 is 0. The molecule has 3 amide bonds. The lowest BCUT2D eigenvalue weighted by Gasteiger charge is -2.13. The van der Waals surface area contributed by atoms with Gasteiger partial charge in [-0.05, 0) is 56.5 Å². The SMILES string of the molecule is Cc1cccc(NC(=O)NCC(=O)Nc2c(C)cc(C)cc2C)c1. The zero-order valence-corrected chi connectivity index (χ0v) is 14.5. The van der Waals surface area contributed by atoms with Crippen LogP contribution >= 0.6 is 0 Å². The molecule has 0 aliphatic heterocycles. The lowest BCUT2D eigenvalue weighted by molar-refractivity contribution is -0.115. The van der Waals surface area contributed by atoms with Gasteiger partial charge in [0, 0.05) is 11.4 Å². The molecule has 0 saturated heterocycles. The van der Waals surface area contributed by atoms with E-state index in [-0.39, 0.29) is 12.5 Å². The molecule has 0 aromatic heterocycles. The van der Waals surface area contributed by atoms with E-state index in [0.29, 0.717) is 5.69 Å². The summed E-state index contributed by atoms with van der Waals surface area (Å²) in [6, 6.07) is 11.1. The zero-order valence-electron chi connectivity index (χ0n) is 14.5. The molecular weight excluding hydrogens is 302 g/mol. The predicted molar refractivity (Wildman–Crippen MR) is 97.5 cm³/mol. The molecule has 3 N–H and O–H groups in total. The third kappa shape index (κ3) is 4.84. The maximum Gasteiger partial charge on any atom is 0.319 e. The van der Waals surface area contributed by atoms with Crippen molar-refractivity contribution in [3.05, 3.63) is 58.7 Å². The summed E-state index contributed by atoms with van der Waals surface area (Å²) in [5.41, 5.74) is 5.70. The van der Waals surface area contributed by atoms with Crippen LogP contribution in [0.4, 0.5) is 16.2 Å². The smallest absolute Gasteiger partial charge is 0.319 e. The summed E-state index contributed by atoms with van der Waals surface area (Å²) in [4.78, 5) is 23.9. The standard InChI is InChI=1S/C19H23N3O2/c1-12-6-5-7-16(10-12)21-19(24)20-11-17(23)22-18-14(3)8-13(2)9-15(18)4/h5-10H,11H2,1-4H3,(H,22,23)(H2,20,21,24). The second kappa shape index (κ2) is 7.64. The van der Waals surface area contributed by atoms with E-state index in [1.54, 1.807) is 6.07 Å². The van der Waals surface area contributed by atoms with Crippen LogP contribution in [0.3, 0.4) is 0 Å². The van der Waals surface area contributed by atoms with Gasteiger partial charge in [0.1, 0.15) is 0 Å². The molecule has 5 heteroatoms. The van der Waals surface area contributed by atoms with Gasteiger partial charge >= 0.3 is 6.03 Å². The van der Waals surface area contributed by atoms with Crippen LogP contribution < -0.4 is 16.0 Å². The van der Waals surface area contributed by atoms with E-state index in [1.165, 1.54) is 0 Å². The van der Waals surface area contributed by atoms with Crippen LogP contribution in [-0.4, -0.2) is 18.5 Å². The molecule has 0 aliphatic rings. The van der Waals surface area contributed by atoms with Gasteiger partial charge in [0.25, 0.3) is 0 Å². The Balaban J connectivity index is 1.88. The van der Waals surface area contributed by atoms with E-state index >= 15 is 0 Å². The normalized spacial score (nSPS) is 10.2. The Morgan fingerprint density at radius 2 is 1.54 bits per heavy atom. The number of carbonyl (C=O) groups is 2. The number of urea groups is 1. The summed E-state index contributed by atoms with van der Waals surface area (Å²) in [6.45, 7) is 7.77. The Morgan fingerprint density at radius 1 is 0.875 bits per heavy atom. The molecule has 2 rings (SSSR count). The number of anilines is 2. The minimum Gasteiger partial charge on any atom is -0.329 e. The molecule has 0 spiro atoms. The van der Waals surface area contributed by atoms with Crippen molar-refractivity contribution >= 4 is 23.3 Å². The van der Waals surface area contributed by atoms with E-state index in [9.17, 15) is 9.59 Å². The second-order valence-corrected chi connectivity index (χ2v) is 6.00. The average Bonchev–Trinajstić information content (AvgIpc) is 2.49. The van der Waals surface area contributed by atoms with Crippen LogP contribution in [0.1, 0.15) is 22.3 Å². The Hall–Kier alpha value is -2.82. The van der Waals surface area contributed by atoms with E-state index in [4.69, 9.17) is 0 Å². The first kappa shape index (κ1) is 17.5. The van der Waals surface area contributed by atoms with Gasteiger partial charge in [-0.1, -0.05) is 29.8 Å². The summed E-state index contributed by atoms with van der Waals surface area (Å²) in [7, 11) is 0. The van der Waals surface area contributed by atoms with Crippen LogP contribution in [0, 0.1) is 27.7 Å². The molecule has 0 fully saturated rings. The van der Waals surface area contributed by atoms with Crippen molar-refractivity contribution in [2.24, 2.45) is 0 Å². The molecule has 126 valence electrons. The van der Waals surface area contributed by atoms with Gasteiger partial charge in [0.05, 0.1) is 6.54 Å². The minimum absolute atomic E-state index is 0.0929. The third-order valence-electron chi connectivity index (χ3n) is 3.63. The highest BCUT2D eigenvalue weighted by molar-refractivity contribution is 5.97. The Labute approximate surface area is 142 Å². The topological polar surface area (TPSA) is 70.2 Å². The molecule has 0 unspecified atom stereocenters. The van der Waals surface area contributed by atoms with Crippen molar-refractivity contribution in [2.75, 3.05) is 17.2 Å². The molecule has 2 aromatic carbocycles. The molecule has 0 heterocycles. The van der Waals surface area contributed by atoms with E-state index in [2.05, 4.69) is 16.0 Å². The third-order valence-corrected chi connectivity index (χ3v) is 3.63. The van der Waals surface area contributed by atoms with Crippen molar-refractivity contribution in [3.8, 4) is 0 Å². The first-order valence-electron chi connectivity index (χ1n) is 7.84. The van der Waals surface area contributed by atoms with E-state index < -0.39 is 6.03 Å². The molecule has 0 bridgehead atoms. The number of aryl methyl sites for hydroxylation is 4. The molecule has 5 nitrogen and oxygen atoms in total. The highest BCUT2D eigenvalue weighted by Crippen LogP contribution is 2.21. The number of rotatable bonds is 4. The van der Waals surface area contributed by atoms with Gasteiger partial charge in [-0.2, -0.15) is 0 Å². The highest BCUT2D eigenvalue weighted by Gasteiger charge is 2.10. The van der Waals surface area contributed by atoms with Crippen LogP contribution in [0.15, 0.2) is 36.4 Å². The lowest BCUT2D eigenvalue weighted by atomic mass is 10.1. The van der Waals surface area contributed by atoms with Crippen LogP contribution in [0.25, 0.3) is 0 Å². The number of benzene rings is 2. The Morgan fingerprint density at radius 3 is 2.17 bits per heavy atom. The van der Waals surface area contributed by atoms with Gasteiger partial charge in [0.15, 0.2) is 0 Å². The molecular formula is C19H23N3O2. The summed E-state index contributed by atoms with van der Waals surface area (Å²) in [6.07, 6.45) is 0. The van der Waals surface area contributed by atoms with Gasteiger partial charge in [-0.25, -0.2) is 4.79 Å². The molecule has 0 radical (unpaired) electrons. The molecule has 0 saturated carbocycles.